The Labute approximate surface area is 104 Å². The molecule has 1 atom stereocenters. The van der Waals surface area contributed by atoms with E-state index in [4.69, 9.17) is 0 Å². The van der Waals surface area contributed by atoms with Crippen LogP contribution in [-0.4, -0.2) is 37.7 Å². The van der Waals surface area contributed by atoms with Crippen molar-refractivity contribution in [2.45, 2.75) is 17.8 Å². The van der Waals surface area contributed by atoms with Gasteiger partial charge in [-0.3, -0.25) is 4.79 Å². The second kappa shape index (κ2) is 6.64. The number of esters is 1. The number of hydrogen-bond acceptors (Lipinski definition) is 4. The molecular formula is C8H16INO4S. The Bertz CT molecular complexity index is 302. The SMILES string of the molecule is COC(=O)C(I)CNS(=O)(=O)CC(C)C. The maximum atomic E-state index is 11.4. The molecular weight excluding hydrogens is 333 g/mol. The Morgan fingerprint density at radius 3 is 2.40 bits per heavy atom. The van der Waals surface area contributed by atoms with Crippen LogP contribution >= 0.6 is 22.6 Å². The van der Waals surface area contributed by atoms with Gasteiger partial charge in [0.05, 0.1) is 12.9 Å². The van der Waals surface area contributed by atoms with E-state index in [9.17, 15) is 13.2 Å². The first-order chi connectivity index (χ1) is 6.78. The van der Waals surface area contributed by atoms with Crippen LogP contribution in [0.25, 0.3) is 0 Å². The minimum atomic E-state index is -3.28. The summed E-state index contributed by atoms with van der Waals surface area (Å²) in [6.45, 7) is 3.71. The van der Waals surface area contributed by atoms with Crippen LogP contribution in [0.1, 0.15) is 13.8 Å². The first kappa shape index (κ1) is 15.1. The van der Waals surface area contributed by atoms with E-state index in [-0.39, 0.29) is 18.2 Å². The lowest BCUT2D eigenvalue weighted by molar-refractivity contribution is -0.139. The average molecular weight is 349 g/mol. The fourth-order valence-corrected chi connectivity index (χ4v) is 3.10. The average Bonchev–Trinajstić information content (AvgIpc) is 2.11. The smallest absolute Gasteiger partial charge is 0.319 e. The van der Waals surface area contributed by atoms with Crippen molar-refractivity contribution < 1.29 is 17.9 Å². The molecule has 0 saturated heterocycles. The number of carbonyl (C=O) groups excluding carboxylic acids is 1. The van der Waals surface area contributed by atoms with Crippen LogP contribution in [0.5, 0.6) is 0 Å². The van der Waals surface area contributed by atoms with Gasteiger partial charge >= 0.3 is 5.97 Å². The van der Waals surface area contributed by atoms with Crippen molar-refractivity contribution in [3.05, 3.63) is 0 Å². The molecule has 0 spiro atoms. The topological polar surface area (TPSA) is 72.5 Å². The van der Waals surface area contributed by atoms with Crippen molar-refractivity contribution in [3.8, 4) is 0 Å². The minimum absolute atomic E-state index is 0.0632. The van der Waals surface area contributed by atoms with Crippen LogP contribution in [-0.2, 0) is 19.6 Å². The maximum Gasteiger partial charge on any atom is 0.319 e. The summed E-state index contributed by atoms with van der Waals surface area (Å²) < 4.78 is 29.1. The summed E-state index contributed by atoms with van der Waals surface area (Å²) in [6.07, 6.45) is 0. The predicted octanol–water partition coefficient (Wildman–Crippen LogP) is 0.538. The first-order valence-electron chi connectivity index (χ1n) is 4.47. The molecule has 0 aromatic rings. The normalized spacial score (nSPS) is 13.9. The van der Waals surface area contributed by atoms with Gasteiger partial charge in [-0.15, -0.1) is 0 Å². The molecule has 0 aliphatic heterocycles. The molecule has 0 fully saturated rings. The highest BCUT2D eigenvalue weighted by molar-refractivity contribution is 14.1. The van der Waals surface area contributed by atoms with Gasteiger partial charge in [-0.05, 0) is 5.92 Å². The van der Waals surface area contributed by atoms with Crippen molar-refractivity contribution in [3.63, 3.8) is 0 Å². The van der Waals surface area contributed by atoms with E-state index in [0.29, 0.717) is 0 Å². The van der Waals surface area contributed by atoms with Gasteiger partial charge in [-0.1, -0.05) is 36.4 Å². The summed E-state index contributed by atoms with van der Waals surface area (Å²) in [4.78, 5) is 11.0. The van der Waals surface area contributed by atoms with Crippen molar-refractivity contribution in [2.24, 2.45) is 5.92 Å². The number of carbonyl (C=O) groups is 1. The lowest BCUT2D eigenvalue weighted by atomic mass is 10.3. The number of nitrogens with one attached hydrogen (secondary N) is 1. The van der Waals surface area contributed by atoms with Gasteiger partial charge in [0.2, 0.25) is 10.0 Å². The van der Waals surface area contributed by atoms with E-state index in [1.165, 1.54) is 7.11 Å². The fraction of sp³-hybridized carbons (Fsp3) is 0.875. The summed E-state index contributed by atoms with van der Waals surface area (Å²) in [7, 11) is -2.01. The second-order valence-corrected chi connectivity index (χ2v) is 6.87. The largest absolute Gasteiger partial charge is 0.468 e. The van der Waals surface area contributed by atoms with Gasteiger partial charge in [-0.2, -0.15) is 0 Å². The molecule has 0 aliphatic rings. The van der Waals surface area contributed by atoms with Crippen LogP contribution in [0.4, 0.5) is 0 Å². The highest BCUT2D eigenvalue weighted by Gasteiger charge is 2.19. The molecule has 5 nitrogen and oxygen atoms in total. The maximum absolute atomic E-state index is 11.4. The Hall–Kier alpha value is 0.110. The molecule has 1 unspecified atom stereocenters. The molecule has 0 amide bonds. The van der Waals surface area contributed by atoms with E-state index in [1.54, 1.807) is 0 Å². The number of alkyl halides is 1. The number of methoxy groups -OCH3 is 1. The zero-order valence-electron chi connectivity index (χ0n) is 8.99. The lowest BCUT2D eigenvalue weighted by Crippen LogP contribution is -2.36. The lowest BCUT2D eigenvalue weighted by Gasteiger charge is -2.11. The van der Waals surface area contributed by atoms with Crippen LogP contribution in [0.2, 0.25) is 0 Å². The molecule has 0 heterocycles. The zero-order valence-corrected chi connectivity index (χ0v) is 12.0. The van der Waals surface area contributed by atoms with E-state index in [0.717, 1.165) is 0 Å². The molecule has 0 bridgehead atoms. The number of hydrogen-bond donors (Lipinski definition) is 1. The van der Waals surface area contributed by atoms with Gasteiger partial charge < -0.3 is 4.74 Å². The van der Waals surface area contributed by atoms with Crippen LogP contribution in [0, 0.1) is 5.92 Å². The Morgan fingerprint density at radius 1 is 1.47 bits per heavy atom. The molecule has 0 saturated carbocycles. The molecule has 0 radical (unpaired) electrons. The minimum Gasteiger partial charge on any atom is -0.468 e. The Balaban J connectivity index is 4.10. The number of rotatable bonds is 6. The predicted molar refractivity (Wildman–Crippen MR) is 66.5 cm³/mol. The fourth-order valence-electron chi connectivity index (χ4n) is 0.909. The first-order valence-corrected chi connectivity index (χ1v) is 7.37. The third-order valence-electron chi connectivity index (χ3n) is 1.49. The Morgan fingerprint density at radius 2 is 2.00 bits per heavy atom. The van der Waals surface area contributed by atoms with Crippen molar-refractivity contribution in [1.29, 1.82) is 0 Å². The Kier molecular flexibility index (Phi) is 6.69. The van der Waals surface area contributed by atoms with Crippen molar-refractivity contribution in [2.75, 3.05) is 19.4 Å². The van der Waals surface area contributed by atoms with Crippen molar-refractivity contribution >= 4 is 38.6 Å². The molecule has 0 aliphatic carbocycles. The van der Waals surface area contributed by atoms with E-state index in [1.807, 2.05) is 36.4 Å². The summed E-state index contributed by atoms with van der Waals surface area (Å²) in [5.74, 6) is -0.298. The highest BCUT2D eigenvalue weighted by Crippen LogP contribution is 2.03. The van der Waals surface area contributed by atoms with Gasteiger partial charge in [-0.25, -0.2) is 13.1 Å². The van der Waals surface area contributed by atoms with E-state index < -0.39 is 19.9 Å². The van der Waals surface area contributed by atoms with Crippen molar-refractivity contribution in [1.82, 2.24) is 4.72 Å². The summed E-state index contributed by atoms with van der Waals surface area (Å²) >= 11 is 1.84. The van der Waals surface area contributed by atoms with Gasteiger partial charge in [0, 0.05) is 6.54 Å². The molecule has 0 aromatic heterocycles. The van der Waals surface area contributed by atoms with Crippen LogP contribution in [0.3, 0.4) is 0 Å². The number of sulfonamides is 1. The monoisotopic (exact) mass is 349 g/mol. The molecule has 7 heteroatoms. The third-order valence-corrected chi connectivity index (χ3v) is 4.15. The van der Waals surface area contributed by atoms with Gasteiger partial charge in [0.25, 0.3) is 0 Å². The van der Waals surface area contributed by atoms with E-state index >= 15 is 0 Å². The van der Waals surface area contributed by atoms with Gasteiger partial charge in [0.15, 0.2) is 0 Å². The molecule has 90 valence electrons. The molecule has 1 N–H and O–H groups in total. The zero-order chi connectivity index (χ0) is 12.1. The summed E-state index contributed by atoms with van der Waals surface area (Å²) in [5, 5.41) is 0. The molecule has 0 aromatic carbocycles. The highest BCUT2D eigenvalue weighted by atomic mass is 127. The summed E-state index contributed by atoms with van der Waals surface area (Å²) in [6, 6.07) is 0. The van der Waals surface area contributed by atoms with Crippen LogP contribution in [0.15, 0.2) is 0 Å². The van der Waals surface area contributed by atoms with Crippen LogP contribution < -0.4 is 4.72 Å². The number of ether oxygens (including phenoxy) is 1. The third kappa shape index (κ3) is 7.07. The number of halogens is 1. The molecule has 15 heavy (non-hydrogen) atoms. The molecule has 0 rings (SSSR count). The quantitative estimate of drug-likeness (QED) is 0.432. The summed E-state index contributed by atoms with van der Waals surface area (Å²) in [5.41, 5.74) is 0. The standard InChI is InChI=1S/C8H16INO4S/c1-6(2)5-15(12,13)10-4-7(9)8(11)14-3/h6-7,10H,4-5H2,1-3H3. The second-order valence-electron chi connectivity index (χ2n) is 3.51. The van der Waals surface area contributed by atoms with E-state index in [2.05, 4.69) is 9.46 Å². The van der Waals surface area contributed by atoms with Gasteiger partial charge in [0.1, 0.15) is 3.92 Å².